The number of nitrogens with zero attached hydrogens (tertiary/aromatic N) is 3. The van der Waals surface area contributed by atoms with E-state index in [0.29, 0.717) is 12.3 Å². The summed E-state index contributed by atoms with van der Waals surface area (Å²) in [5, 5.41) is 0. The maximum Gasteiger partial charge on any atom is 0.227 e. The van der Waals surface area contributed by atoms with Crippen LogP contribution in [0.5, 0.6) is 0 Å². The average molecular weight is 290 g/mol. The maximum atomic E-state index is 12.0. The van der Waals surface area contributed by atoms with E-state index in [9.17, 15) is 4.79 Å². The molecule has 3 rings (SSSR count). The van der Waals surface area contributed by atoms with Crippen LogP contribution in [-0.4, -0.2) is 27.9 Å². The van der Waals surface area contributed by atoms with Gasteiger partial charge < -0.3 is 9.47 Å². The summed E-state index contributed by atoms with van der Waals surface area (Å²) in [5.74, 6) is 0.966. The van der Waals surface area contributed by atoms with Gasteiger partial charge in [0.25, 0.3) is 0 Å². The van der Waals surface area contributed by atoms with Gasteiger partial charge in [0.2, 0.25) is 5.91 Å². The number of hydrogen-bond acceptors (Lipinski definition) is 2. The number of hydrogen-bond donors (Lipinski definition) is 0. The fraction of sp³-hybridized carbons (Fsp3) is 0.333. The van der Waals surface area contributed by atoms with Gasteiger partial charge in [0.1, 0.15) is 0 Å². The van der Waals surface area contributed by atoms with Gasteiger partial charge in [-0.15, -0.1) is 11.6 Å². The van der Waals surface area contributed by atoms with Crippen LogP contribution in [0.3, 0.4) is 0 Å². The zero-order valence-corrected chi connectivity index (χ0v) is 11.8. The van der Waals surface area contributed by atoms with Crippen LogP contribution in [0.4, 0.5) is 5.69 Å². The molecule has 0 saturated carbocycles. The van der Waals surface area contributed by atoms with Gasteiger partial charge in [-0.2, -0.15) is 0 Å². The standard InChI is InChI=1S/C15H16ClN3O/c16-8-13-7-15(20)19(10-13)14-3-1-2-12(6-14)9-18-5-4-17-11-18/h1-6,11,13H,7-10H2. The molecule has 1 aliphatic rings. The molecule has 1 fully saturated rings. The van der Waals surface area contributed by atoms with Crippen molar-refractivity contribution in [2.45, 2.75) is 13.0 Å². The van der Waals surface area contributed by atoms with Gasteiger partial charge >= 0.3 is 0 Å². The highest BCUT2D eigenvalue weighted by atomic mass is 35.5. The first kappa shape index (κ1) is 13.2. The summed E-state index contributed by atoms with van der Waals surface area (Å²) in [6.07, 6.45) is 6.03. The molecule has 1 saturated heterocycles. The molecule has 0 spiro atoms. The lowest BCUT2D eigenvalue weighted by Crippen LogP contribution is -2.24. The monoisotopic (exact) mass is 289 g/mol. The van der Waals surface area contributed by atoms with E-state index in [1.807, 2.05) is 27.8 Å². The van der Waals surface area contributed by atoms with E-state index in [2.05, 4.69) is 17.1 Å². The molecule has 20 heavy (non-hydrogen) atoms. The van der Waals surface area contributed by atoms with Crippen LogP contribution in [0.25, 0.3) is 0 Å². The van der Waals surface area contributed by atoms with Crippen LogP contribution < -0.4 is 4.90 Å². The molecule has 0 bridgehead atoms. The molecule has 2 aromatic rings. The molecule has 1 aromatic heterocycles. The summed E-state index contributed by atoms with van der Waals surface area (Å²) in [7, 11) is 0. The number of alkyl halides is 1. The second-order valence-corrected chi connectivity index (χ2v) is 5.44. The van der Waals surface area contributed by atoms with Gasteiger partial charge in [-0.3, -0.25) is 4.79 Å². The number of halogens is 1. The number of imidazole rings is 1. The molecule has 104 valence electrons. The Balaban J connectivity index is 1.79. The van der Waals surface area contributed by atoms with E-state index in [4.69, 9.17) is 11.6 Å². The van der Waals surface area contributed by atoms with Crippen LogP contribution in [0.15, 0.2) is 43.0 Å². The first-order chi connectivity index (χ1) is 9.76. The first-order valence-corrected chi connectivity index (χ1v) is 7.20. The zero-order valence-electron chi connectivity index (χ0n) is 11.1. The van der Waals surface area contributed by atoms with Gasteiger partial charge in [0, 0.05) is 43.5 Å². The quantitative estimate of drug-likeness (QED) is 0.811. The second kappa shape index (κ2) is 5.67. The van der Waals surface area contributed by atoms with Crippen molar-refractivity contribution in [1.29, 1.82) is 0 Å². The third-order valence-corrected chi connectivity index (χ3v) is 4.01. The molecular weight excluding hydrogens is 274 g/mol. The number of amides is 1. The van der Waals surface area contributed by atoms with Crippen molar-refractivity contribution < 1.29 is 4.79 Å². The Morgan fingerprint density at radius 3 is 3.00 bits per heavy atom. The number of carbonyl (C=O) groups is 1. The Morgan fingerprint density at radius 2 is 2.30 bits per heavy atom. The average Bonchev–Trinajstić information content (AvgIpc) is 3.08. The molecule has 1 amide bonds. The van der Waals surface area contributed by atoms with Gasteiger partial charge in [-0.25, -0.2) is 4.98 Å². The molecule has 1 aromatic carbocycles. The van der Waals surface area contributed by atoms with E-state index >= 15 is 0 Å². The highest BCUT2D eigenvalue weighted by molar-refractivity contribution is 6.18. The lowest BCUT2D eigenvalue weighted by atomic mass is 10.1. The normalized spacial score (nSPS) is 18.8. The van der Waals surface area contributed by atoms with Crippen molar-refractivity contribution >= 4 is 23.2 Å². The molecule has 1 unspecified atom stereocenters. The first-order valence-electron chi connectivity index (χ1n) is 6.67. The molecule has 0 radical (unpaired) electrons. The van der Waals surface area contributed by atoms with E-state index in [0.717, 1.165) is 24.3 Å². The van der Waals surface area contributed by atoms with Gasteiger partial charge in [-0.05, 0) is 23.6 Å². The summed E-state index contributed by atoms with van der Waals surface area (Å²) >= 11 is 5.86. The van der Waals surface area contributed by atoms with Crippen LogP contribution in [-0.2, 0) is 11.3 Å². The zero-order chi connectivity index (χ0) is 13.9. The predicted octanol–water partition coefficient (Wildman–Crippen LogP) is 2.52. The Bertz CT molecular complexity index is 597. The summed E-state index contributed by atoms with van der Waals surface area (Å²) in [5.41, 5.74) is 2.11. The van der Waals surface area contributed by atoms with Crippen molar-refractivity contribution in [1.82, 2.24) is 9.55 Å². The van der Waals surface area contributed by atoms with Crippen molar-refractivity contribution in [2.24, 2.45) is 5.92 Å². The summed E-state index contributed by atoms with van der Waals surface area (Å²) in [4.78, 5) is 17.9. The Kier molecular flexibility index (Phi) is 3.74. The molecule has 4 nitrogen and oxygen atoms in total. The summed E-state index contributed by atoms with van der Waals surface area (Å²) in [6, 6.07) is 8.09. The van der Waals surface area contributed by atoms with Crippen LogP contribution in [0.2, 0.25) is 0 Å². The van der Waals surface area contributed by atoms with E-state index < -0.39 is 0 Å². The third kappa shape index (κ3) is 2.70. The summed E-state index contributed by atoms with van der Waals surface area (Å²) < 4.78 is 2.01. The van der Waals surface area contributed by atoms with Crippen molar-refractivity contribution in [3.05, 3.63) is 48.5 Å². The lowest BCUT2D eigenvalue weighted by Gasteiger charge is -2.17. The molecule has 0 N–H and O–H groups in total. The van der Waals surface area contributed by atoms with E-state index in [-0.39, 0.29) is 11.8 Å². The lowest BCUT2D eigenvalue weighted by molar-refractivity contribution is -0.117. The molecular formula is C15H16ClN3O. The van der Waals surface area contributed by atoms with Gasteiger partial charge in [-0.1, -0.05) is 12.1 Å². The van der Waals surface area contributed by atoms with Crippen LogP contribution in [0, 0.1) is 5.92 Å². The SMILES string of the molecule is O=C1CC(CCl)CN1c1cccc(Cn2ccnc2)c1. The number of anilines is 1. The number of rotatable bonds is 4. The fourth-order valence-electron chi connectivity index (χ4n) is 2.55. The maximum absolute atomic E-state index is 12.0. The fourth-order valence-corrected chi connectivity index (χ4v) is 2.75. The van der Waals surface area contributed by atoms with Crippen molar-refractivity contribution in [3.63, 3.8) is 0 Å². The minimum Gasteiger partial charge on any atom is -0.333 e. The molecule has 1 atom stereocenters. The Hall–Kier alpha value is -1.81. The smallest absolute Gasteiger partial charge is 0.227 e. The topological polar surface area (TPSA) is 38.1 Å². The van der Waals surface area contributed by atoms with Crippen molar-refractivity contribution in [3.8, 4) is 0 Å². The number of benzene rings is 1. The summed E-state index contributed by atoms with van der Waals surface area (Å²) in [6.45, 7) is 1.48. The Morgan fingerprint density at radius 1 is 1.40 bits per heavy atom. The largest absolute Gasteiger partial charge is 0.333 e. The predicted molar refractivity (Wildman–Crippen MR) is 79.0 cm³/mol. The van der Waals surface area contributed by atoms with Gasteiger partial charge in [0.15, 0.2) is 0 Å². The van der Waals surface area contributed by atoms with E-state index in [1.165, 1.54) is 0 Å². The third-order valence-electron chi connectivity index (χ3n) is 3.57. The van der Waals surface area contributed by atoms with Crippen LogP contribution >= 0.6 is 11.6 Å². The molecule has 1 aliphatic heterocycles. The molecule has 2 heterocycles. The number of carbonyl (C=O) groups excluding carboxylic acids is 1. The van der Waals surface area contributed by atoms with E-state index in [1.54, 1.807) is 12.5 Å². The van der Waals surface area contributed by atoms with Gasteiger partial charge in [0.05, 0.1) is 6.33 Å². The van der Waals surface area contributed by atoms with Crippen molar-refractivity contribution in [2.75, 3.05) is 17.3 Å². The minimum atomic E-state index is 0.162. The van der Waals surface area contributed by atoms with Crippen LogP contribution in [0.1, 0.15) is 12.0 Å². The number of aromatic nitrogens is 2. The minimum absolute atomic E-state index is 0.162. The second-order valence-electron chi connectivity index (χ2n) is 5.13. The highest BCUT2D eigenvalue weighted by Crippen LogP contribution is 2.26. The highest BCUT2D eigenvalue weighted by Gasteiger charge is 2.29. The molecule has 0 aliphatic carbocycles. The Labute approximate surface area is 123 Å². The molecule has 5 heteroatoms.